The maximum absolute atomic E-state index is 13.3. The quantitative estimate of drug-likeness (QED) is 0.842. The number of primary amides is 1. The molecule has 0 aliphatic heterocycles. The molecule has 0 bridgehead atoms. The van der Waals surface area contributed by atoms with Gasteiger partial charge in [0.25, 0.3) is 5.91 Å². The normalized spacial score (nSPS) is 13.3. The molecule has 0 saturated heterocycles. The zero-order valence-corrected chi connectivity index (χ0v) is 11.9. The molecule has 0 unspecified atom stereocenters. The molecule has 2 aromatic heterocycles. The van der Waals surface area contributed by atoms with Gasteiger partial charge in [-0.3, -0.25) is 9.59 Å². The molecular weight excluding hydrogens is 344 g/mol. The maximum Gasteiger partial charge on any atom is 0.420 e. The van der Waals surface area contributed by atoms with Crippen molar-refractivity contribution in [2.45, 2.75) is 24.8 Å². The number of alkyl halides is 6. The van der Waals surface area contributed by atoms with E-state index >= 15 is 0 Å². The molecule has 0 aliphatic carbocycles. The average Bonchev–Trinajstić information content (AvgIpc) is 2.44. The van der Waals surface area contributed by atoms with E-state index in [9.17, 15) is 35.9 Å². The van der Waals surface area contributed by atoms with Gasteiger partial charge in [0.2, 0.25) is 11.0 Å². The standard InChI is InChI=1S/C13H9F6N3O2/c1-11(12(14,15)16,13(17,18)19)22-5-7(9(20)24)8(23)6-3-2-4-21-10(6)22/h2-5H,1H3,(H2,20,24). The number of pyridine rings is 2. The van der Waals surface area contributed by atoms with Crippen LogP contribution in [0.4, 0.5) is 26.3 Å². The van der Waals surface area contributed by atoms with Crippen molar-refractivity contribution in [1.82, 2.24) is 9.55 Å². The summed E-state index contributed by atoms with van der Waals surface area (Å²) in [6.07, 6.45) is -10.5. The lowest BCUT2D eigenvalue weighted by molar-refractivity contribution is -0.321. The predicted molar refractivity (Wildman–Crippen MR) is 70.3 cm³/mol. The Morgan fingerprint density at radius 2 is 1.71 bits per heavy atom. The molecule has 130 valence electrons. The van der Waals surface area contributed by atoms with Crippen molar-refractivity contribution in [2.24, 2.45) is 5.73 Å². The lowest BCUT2D eigenvalue weighted by Crippen LogP contribution is -2.56. The number of rotatable bonds is 2. The van der Waals surface area contributed by atoms with Gasteiger partial charge >= 0.3 is 12.4 Å². The molecular formula is C13H9F6N3O2. The van der Waals surface area contributed by atoms with E-state index in [4.69, 9.17) is 5.73 Å². The fraction of sp³-hybridized carbons (Fsp3) is 0.308. The Morgan fingerprint density at radius 1 is 1.17 bits per heavy atom. The molecule has 0 fully saturated rings. The van der Waals surface area contributed by atoms with Crippen LogP contribution in [0.2, 0.25) is 0 Å². The highest BCUT2D eigenvalue weighted by Crippen LogP contribution is 2.49. The number of hydrogen-bond acceptors (Lipinski definition) is 3. The van der Waals surface area contributed by atoms with Crippen molar-refractivity contribution in [3.05, 3.63) is 40.3 Å². The van der Waals surface area contributed by atoms with Crippen LogP contribution < -0.4 is 11.2 Å². The summed E-state index contributed by atoms with van der Waals surface area (Å²) in [6, 6.07) is 2.10. The number of nitrogens with two attached hydrogens (primary N) is 1. The highest BCUT2D eigenvalue weighted by molar-refractivity contribution is 5.95. The van der Waals surface area contributed by atoms with Gasteiger partial charge < -0.3 is 10.3 Å². The number of aromatic nitrogens is 2. The van der Waals surface area contributed by atoms with Gasteiger partial charge in [0.1, 0.15) is 11.2 Å². The van der Waals surface area contributed by atoms with Crippen molar-refractivity contribution in [2.75, 3.05) is 0 Å². The minimum atomic E-state index is -5.79. The van der Waals surface area contributed by atoms with Crippen molar-refractivity contribution in [3.63, 3.8) is 0 Å². The van der Waals surface area contributed by atoms with Gasteiger partial charge in [0, 0.05) is 12.4 Å². The molecule has 2 N–H and O–H groups in total. The molecule has 0 radical (unpaired) electrons. The predicted octanol–water partition coefficient (Wildman–Crippen LogP) is 2.34. The lowest BCUT2D eigenvalue weighted by atomic mass is 9.99. The van der Waals surface area contributed by atoms with Crippen LogP contribution in [0.5, 0.6) is 0 Å². The van der Waals surface area contributed by atoms with Gasteiger partial charge in [-0.05, 0) is 19.1 Å². The summed E-state index contributed by atoms with van der Waals surface area (Å²) < 4.78 is 79.4. The second-order valence-electron chi connectivity index (χ2n) is 5.05. The first-order valence-corrected chi connectivity index (χ1v) is 6.26. The molecule has 2 rings (SSSR count). The summed E-state index contributed by atoms with van der Waals surface area (Å²) in [5.74, 6) is -1.45. The van der Waals surface area contributed by atoms with E-state index < -0.39 is 45.8 Å². The van der Waals surface area contributed by atoms with Gasteiger partial charge in [0.15, 0.2) is 0 Å². The van der Waals surface area contributed by atoms with E-state index in [1.807, 2.05) is 0 Å². The van der Waals surface area contributed by atoms with Crippen LogP contribution in [0.3, 0.4) is 0 Å². The fourth-order valence-corrected chi connectivity index (χ4v) is 2.11. The Kier molecular flexibility index (Phi) is 3.86. The molecule has 1 amide bonds. The first-order chi connectivity index (χ1) is 10.8. The summed E-state index contributed by atoms with van der Waals surface area (Å²) in [7, 11) is 0. The number of nitrogens with zero attached hydrogens (tertiary/aromatic N) is 2. The van der Waals surface area contributed by atoms with Crippen molar-refractivity contribution in [1.29, 1.82) is 0 Å². The Morgan fingerprint density at radius 3 is 2.17 bits per heavy atom. The van der Waals surface area contributed by atoms with Gasteiger partial charge in [0.05, 0.1) is 5.39 Å². The second kappa shape index (κ2) is 5.21. The number of amides is 1. The van der Waals surface area contributed by atoms with Gasteiger partial charge in [-0.2, -0.15) is 26.3 Å². The first kappa shape index (κ1) is 17.8. The Bertz CT molecular complexity index is 855. The smallest absolute Gasteiger partial charge is 0.365 e. The third-order valence-electron chi connectivity index (χ3n) is 3.61. The lowest BCUT2D eigenvalue weighted by Gasteiger charge is -2.36. The number of hydrogen-bond donors (Lipinski definition) is 1. The van der Waals surface area contributed by atoms with Crippen LogP contribution in [0.15, 0.2) is 29.3 Å². The van der Waals surface area contributed by atoms with E-state index in [1.165, 1.54) is 0 Å². The van der Waals surface area contributed by atoms with Crippen LogP contribution in [0, 0.1) is 0 Å². The van der Waals surface area contributed by atoms with Gasteiger partial charge in [-0.1, -0.05) is 0 Å². The van der Waals surface area contributed by atoms with Crippen LogP contribution in [0.1, 0.15) is 17.3 Å². The summed E-state index contributed by atoms with van der Waals surface area (Å²) >= 11 is 0. The van der Waals surface area contributed by atoms with E-state index in [0.29, 0.717) is 0 Å². The van der Waals surface area contributed by atoms with E-state index in [1.54, 1.807) is 0 Å². The molecule has 0 spiro atoms. The fourth-order valence-electron chi connectivity index (χ4n) is 2.11. The number of carbonyl (C=O) groups excluding carboxylic acids is 1. The monoisotopic (exact) mass is 353 g/mol. The minimum absolute atomic E-state index is 0.115. The summed E-state index contributed by atoms with van der Waals surface area (Å²) in [6.45, 7) is -0.115. The summed E-state index contributed by atoms with van der Waals surface area (Å²) in [5, 5.41) is -0.589. The topological polar surface area (TPSA) is 78.0 Å². The number of halogens is 6. The Hall–Kier alpha value is -2.59. The minimum Gasteiger partial charge on any atom is -0.365 e. The Balaban J connectivity index is 3.07. The molecule has 11 heteroatoms. The van der Waals surface area contributed by atoms with Crippen LogP contribution in [-0.4, -0.2) is 27.8 Å². The van der Waals surface area contributed by atoms with Crippen LogP contribution >= 0.6 is 0 Å². The van der Waals surface area contributed by atoms with Gasteiger partial charge in [-0.15, -0.1) is 0 Å². The molecule has 0 atom stereocenters. The van der Waals surface area contributed by atoms with Crippen LogP contribution in [-0.2, 0) is 5.54 Å². The number of carbonyl (C=O) groups is 1. The van der Waals surface area contributed by atoms with E-state index in [0.717, 1.165) is 18.3 Å². The Labute approximate surface area is 129 Å². The second-order valence-corrected chi connectivity index (χ2v) is 5.05. The third kappa shape index (κ3) is 2.39. The molecule has 0 aliphatic rings. The van der Waals surface area contributed by atoms with Gasteiger partial charge in [-0.25, -0.2) is 4.98 Å². The van der Waals surface area contributed by atoms with E-state index in [-0.39, 0.29) is 17.7 Å². The van der Waals surface area contributed by atoms with E-state index in [2.05, 4.69) is 4.98 Å². The third-order valence-corrected chi connectivity index (χ3v) is 3.61. The molecule has 5 nitrogen and oxygen atoms in total. The first-order valence-electron chi connectivity index (χ1n) is 6.26. The highest BCUT2D eigenvalue weighted by atomic mass is 19.4. The molecule has 24 heavy (non-hydrogen) atoms. The number of fused-ring (bicyclic) bond motifs is 1. The van der Waals surface area contributed by atoms with Crippen molar-refractivity contribution < 1.29 is 31.1 Å². The average molecular weight is 353 g/mol. The zero-order chi connectivity index (χ0) is 18.5. The summed E-state index contributed by atoms with van der Waals surface area (Å²) in [5.41, 5.74) is -2.50. The largest absolute Gasteiger partial charge is 0.420 e. The zero-order valence-electron chi connectivity index (χ0n) is 11.9. The molecule has 2 heterocycles. The van der Waals surface area contributed by atoms with Crippen molar-refractivity contribution >= 4 is 16.9 Å². The summed E-state index contributed by atoms with van der Waals surface area (Å²) in [4.78, 5) is 26.7. The highest BCUT2D eigenvalue weighted by Gasteiger charge is 2.69. The maximum atomic E-state index is 13.3. The van der Waals surface area contributed by atoms with Crippen LogP contribution in [0.25, 0.3) is 11.0 Å². The molecule has 2 aromatic rings. The SMILES string of the molecule is CC(n1cc(C(N)=O)c(=O)c2cccnc21)(C(F)(F)F)C(F)(F)F. The molecule has 0 saturated carbocycles. The van der Waals surface area contributed by atoms with Crippen molar-refractivity contribution in [3.8, 4) is 0 Å². The molecule has 0 aromatic carbocycles.